The second-order valence-corrected chi connectivity index (χ2v) is 4.61. The Morgan fingerprint density at radius 3 is 2.90 bits per heavy atom. The highest BCUT2D eigenvalue weighted by atomic mass is 16.5. The molecular formula is C11H16N4O5. The predicted octanol–water partition coefficient (Wildman–Crippen LogP) is -0.850. The first kappa shape index (κ1) is 14.3. The monoisotopic (exact) mass is 284 g/mol. The number of nitrogens with one attached hydrogen (secondary N) is 1. The van der Waals surface area contributed by atoms with Gasteiger partial charge in [0.25, 0.3) is 0 Å². The fourth-order valence-corrected chi connectivity index (χ4v) is 2.10. The van der Waals surface area contributed by atoms with Crippen LogP contribution in [-0.4, -0.2) is 62.5 Å². The highest BCUT2D eigenvalue weighted by Gasteiger charge is 2.38. The minimum Gasteiger partial charge on any atom is -0.480 e. The quantitative estimate of drug-likeness (QED) is 0.656. The molecule has 0 saturated carbocycles. The third-order valence-electron chi connectivity index (χ3n) is 3.02. The summed E-state index contributed by atoms with van der Waals surface area (Å²) in [7, 11) is 0. The van der Waals surface area contributed by atoms with Crippen molar-refractivity contribution in [3.05, 3.63) is 11.7 Å². The van der Waals surface area contributed by atoms with E-state index in [2.05, 4.69) is 15.5 Å². The van der Waals surface area contributed by atoms with Crippen molar-refractivity contribution in [1.29, 1.82) is 0 Å². The number of hydrogen-bond donors (Lipinski definition) is 3. The molecule has 0 aromatic carbocycles. The average molecular weight is 284 g/mol. The van der Waals surface area contributed by atoms with Crippen LogP contribution in [0.25, 0.3) is 0 Å². The van der Waals surface area contributed by atoms with Gasteiger partial charge in [-0.05, 0) is 0 Å². The van der Waals surface area contributed by atoms with E-state index in [4.69, 9.17) is 9.63 Å². The number of likely N-dealkylation sites (tertiary alicyclic amines) is 1. The molecule has 3 N–H and O–H groups in total. The first-order chi connectivity index (χ1) is 9.47. The Balaban J connectivity index is 1.83. The summed E-state index contributed by atoms with van der Waals surface area (Å²) in [5, 5.41) is 24.7. The van der Waals surface area contributed by atoms with E-state index in [0.29, 0.717) is 18.1 Å². The van der Waals surface area contributed by atoms with E-state index in [1.54, 1.807) is 6.92 Å². The summed E-state index contributed by atoms with van der Waals surface area (Å²) < 4.78 is 4.79. The van der Waals surface area contributed by atoms with Crippen LogP contribution in [0.1, 0.15) is 18.1 Å². The Labute approximate surface area is 114 Å². The number of rotatable bonds is 4. The number of urea groups is 1. The van der Waals surface area contributed by atoms with Crippen molar-refractivity contribution in [2.24, 2.45) is 0 Å². The lowest BCUT2D eigenvalue weighted by molar-refractivity contribution is -0.141. The Morgan fingerprint density at radius 1 is 1.55 bits per heavy atom. The van der Waals surface area contributed by atoms with Gasteiger partial charge in [0.1, 0.15) is 6.04 Å². The molecule has 1 aromatic heterocycles. The molecule has 2 atom stereocenters. The van der Waals surface area contributed by atoms with Crippen molar-refractivity contribution in [1.82, 2.24) is 20.4 Å². The summed E-state index contributed by atoms with van der Waals surface area (Å²) in [4.78, 5) is 28.0. The number of aryl methyl sites for hydroxylation is 1. The van der Waals surface area contributed by atoms with Gasteiger partial charge in [-0.25, -0.2) is 9.59 Å². The smallest absolute Gasteiger partial charge is 0.326 e. The van der Waals surface area contributed by atoms with Gasteiger partial charge in [-0.15, -0.1) is 0 Å². The maximum atomic E-state index is 11.9. The molecule has 0 bridgehead atoms. The van der Waals surface area contributed by atoms with Gasteiger partial charge in [0.2, 0.25) is 5.89 Å². The molecule has 0 spiro atoms. The molecule has 1 unspecified atom stereocenters. The molecule has 0 radical (unpaired) electrons. The molecule has 2 heterocycles. The van der Waals surface area contributed by atoms with Gasteiger partial charge in [-0.3, -0.25) is 0 Å². The Kier molecular flexibility index (Phi) is 4.18. The molecule has 1 aromatic rings. The van der Waals surface area contributed by atoms with Gasteiger partial charge in [-0.2, -0.15) is 4.98 Å². The van der Waals surface area contributed by atoms with E-state index in [1.165, 1.54) is 0 Å². The number of aromatic nitrogens is 2. The maximum Gasteiger partial charge on any atom is 0.326 e. The first-order valence-corrected chi connectivity index (χ1v) is 6.22. The Hall–Kier alpha value is -2.16. The minimum atomic E-state index is -1.12. The third kappa shape index (κ3) is 3.23. The van der Waals surface area contributed by atoms with Crippen LogP contribution < -0.4 is 5.32 Å². The largest absolute Gasteiger partial charge is 0.480 e. The van der Waals surface area contributed by atoms with Crippen LogP contribution in [0, 0.1) is 6.92 Å². The number of nitrogens with zero attached hydrogens (tertiary/aromatic N) is 3. The van der Waals surface area contributed by atoms with E-state index in [-0.39, 0.29) is 19.5 Å². The van der Waals surface area contributed by atoms with Crippen LogP contribution in [0.15, 0.2) is 4.52 Å². The fraction of sp³-hybridized carbons (Fsp3) is 0.636. The average Bonchev–Trinajstić information content (AvgIpc) is 2.95. The van der Waals surface area contributed by atoms with Crippen LogP contribution in [0.5, 0.6) is 0 Å². The van der Waals surface area contributed by atoms with Gasteiger partial charge in [0, 0.05) is 32.9 Å². The molecule has 9 nitrogen and oxygen atoms in total. The molecule has 0 aliphatic carbocycles. The van der Waals surface area contributed by atoms with Crippen molar-refractivity contribution in [3.63, 3.8) is 0 Å². The number of carbonyl (C=O) groups is 2. The number of carbonyl (C=O) groups excluding carboxylic acids is 1. The first-order valence-electron chi connectivity index (χ1n) is 6.22. The van der Waals surface area contributed by atoms with Crippen molar-refractivity contribution >= 4 is 12.0 Å². The molecule has 110 valence electrons. The zero-order valence-corrected chi connectivity index (χ0v) is 10.9. The van der Waals surface area contributed by atoms with Crippen LogP contribution in [0.2, 0.25) is 0 Å². The number of aliphatic carboxylic acids is 1. The van der Waals surface area contributed by atoms with E-state index >= 15 is 0 Å². The van der Waals surface area contributed by atoms with Crippen molar-refractivity contribution in [3.8, 4) is 0 Å². The summed E-state index contributed by atoms with van der Waals surface area (Å²) in [5.74, 6) is -0.204. The topological polar surface area (TPSA) is 129 Å². The van der Waals surface area contributed by atoms with Gasteiger partial charge in [-0.1, -0.05) is 5.16 Å². The molecule has 1 aliphatic heterocycles. The number of β-amino-alcohol motifs (C(OH)–C–C–N with tert-alkyl or cyclic N) is 1. The second-order valence-electron chi connectivity index (χ2n) is 4.61. The summed E-state index contributed by atoms with van der Waals surface area (Å²) in [6, 6.07) is -1.51. The van der Waals surface area contributed by atoms with Crippen LogP contribution in [0.3, 0.4) is 0 Å². The van der Waals surface area contributed by atoms with E-state index in [9.17, 15) is 14.7 Å². The molecular weight excluding hydrogens is 268 g/mol. The van der Waals surface area contributed by atoms with Crippen LogP contribution >= 0.6 is 0 Å². The Bertz CT molecular complexity index is 503. The molecule has 1 fully saturated rings. The summed E-state index contributed by atoms with van der Waals surface area (Å²) in [6.07, 6.45) is -0.369. The van der Waals surface area contributed by atoms with E-state index in [1.807, 2.05) is 0 Å². The highest BCUT2D eigenvalue weighted by Crippen LogP contribution is 2.17. The number of aliphatic hydroxyl groups excluding tert-OH is 1. The highest BCUT2D eigenvalue weighted by molar-refractivity contribution is 5.83. The molecule has 1 saturated heterocycles. The second kappa shape index (κ2) is 5.87. The third-order valence-corrected chi connectivity index (χ3v) is 3.02. The number of carboxylic acid groups (broad SMARTS) is 1. The summed E-state index contributed by atoms with van der Waals surface area (Å²) >= 11 is 0. The molecule has 1 aliphatic rings. The number of amides is 2. The minimum absolute atomic E-state index is 0.0180. The summed E-state index contributed by atoms with van der Waals surface area (Å²) in [6.45, 7) is 1.94. The lowest BCUT2D eigenvalue weighted by Crippen LogP contribution is -2.46. The molecule has 9 heteroatoms. The summed E-state index contributed by atoms with van der Waals surface area (Å²) in [5.41, 5.74) is 0. The standard InChI is InChI=1S/C11H16N4O5/c1-6-13-9(14-20-6)2-3-12-11(19)15-5-7(16)4-8(15)10(17)18/h7-8,16H,2-5H2,1H3,(H,12,19)(H,17,18)/t7?,8-/m0/s1. The lowest BCUT2D eigenvalue weighted by atomic mass is 10.2. The van der Waals surface area contributed by atoms with Crippen LogP contribution in [-0.2, 0) is 11.2 Å². The SMILES string of the molecule is Cc1nc(CCNC(=O)N2CC(O)C[C@H]2C(=O)O)no1. The van der Waals surface area contributed by atoms with Gasteiger partial charge in [0.15, 0.2) is 5.82 Å². The predicted molar refractivity (Wildman–Crippen MR) is 64.9 cm³/mol. The Morgan fingerprint density at radius 2 is 2.30 bits per heavy atom. The molecule has 2 amide bonds. The van der Waals surface area contributed by atoms with Gasteiger partial charge in [0.05, 0.1) is 6.10 Å². The number of aliphatic hydroxyl groups is 1. The normalized spacial score (nSPS) is 22.0. The number of carboxylic acids is 1. The maximum absolute atomic E-state index is 11.9. The fourth-order valence-electron chi connectivity index (χ4n) is 2.10. The molecule has 20 heavy (non-hydrogen) atoms. The lowest BCUT2D eigenvalue weighted by Gasteiger charge is -2.21. The van der Waals surface area contributed by atoms with E-state index < -0.39 is 24.1 Å². The van der Waals surface area contributed by atoms with E-state index in [0.717, 1.165) is 4.90 Å². The van der Waals surface area contributed by atoms with Crippen molar-refractivity contribution < 1.29 is 24.3 Å². The van der Waals surface area contributed by atoms with Gasteiger partial charge >= 0.3 is 12.0 Å². The number of hydrogen-bond acceptors (Lipinski definition) is 6. The zero-order valence-electron chi connectivity index (χ0n) is 10.9. The van der Waals surface area contributed by atoms with Crippen molar-refractivity contribution in [2.75, 3.05) is 13.1 Å². The van der Waals surface area contributed by atoms with Gasteiger partial charge < -0.3 is 25.0 Å². The van der Waals surface area contributed by atoms with Crippen molar-refractivity contribution in [2.45, 2.75) is 31.9 Å². The zero-order chi connectivity index (χ0) is 14.7. The van der Waals surface area contributed by atoms with Crippen LogP contribution in [0.4, 0.5) is 4.79 Å². The molecule has 2 rings (SSSR count).